The van der Waals surface area contributed by atoms with Gasteiger partial charge in [-0.25, -0.2) is 4.79 Å². The van der Waals surface area contributed by atoms with Gasteiger partial charge in [-0.05, 0) is 59.3 Å². The fraction of sp³-hybridized carbons (Fsp3) is 0.200. The average Bonchev–Trinajstić information content (AvgIpc) is 2.94. The van der Waals surface area contributed by atoms with Gasteiger partial charge in [0.2, 0.25) is 5.76 Å². The van der Waals surface area contributed by atoms with Crippen LogP contribution in [0.1, 0.15) is 17.5 Å². The Morgan fingerprint density at radius 2 is 1.86 bits per heavy atom. The first-order valence-corrected chi connectivity index (χ1v) is 7.20. The van der Waals surface area contributed by atoms with Crippen molar-refractivity contribution in [3.63, 3.8) is 0 Å². The monoisotopic (exact) mass is 367 g/mol. The van der Waals surface area contributed by atoms with E-state index in [-0.39, 0.29) is 5.76 Å². The Morgan fingerprint density at radius 1 is 1.18 bits per heavy atom. The van der Waals surface area contributed by atoms with E-state index in [2.05, 4.69) is 21.2 Å². The number of anilines is 1. The molecule has 1 atom stereocenters. The number of carbonyl (C=O) groups excluding carboxylic acids is 2. The maximum atomic E-state index is 12.0. The molecule has 0 spiro atoms. The van der Waals surface area contributed by atoms with Crippen molar-refractivity contribution in [3.05, 3.63) is 46.8 Å². The lowest BCUT2D eigenvalue weighted by atomic mass is 10.3. The quantitative estimate of drug-likeness (QED) is 0.820. The summed E-state index contributed by atoms with van der Waals surface area (Å²) in [5, 5.41) is 2.64. The van der Waals surface area contributed by atoms with Gasteiger partial charge in [0.1, 0.15) is 5.75 Å². The molecule has 1 aromatic carbocycles. The normalized spacial score (nSPS) is 11.6. The van der Waals surface area contributed by atoms with Crippen molar-refractivity contribution in [1.29, 1.82) is 0 Å². The summed E-state index contributed by atoms with van der Waals surface area (Å²) in [7, 11) is 1.56. The second-order valence-electron chi connectivity index (χ2n) is 4.37. The molecule has 0 aliphatic rings. The number of ether oxygens (including phenoxy) is 2. The van der Waals surface area contributed by atoms with Crippen LogP contribution in [0.4, 0.5) is 5.69 Å². The van der Waals surface area contributed by atoms with Crippen LogP contribution in [0, 0.1) is 0 Å². The van der Waals surface area contributed by atoms with E-state index in [1.54, 1.807) is 37.4 Å². The number of hydrogen-bond donors (Lipinski definition) is 1. The number of halogens is 1. The van der Waals surface area contributed by atoms with E-state index in [0.717, 1.165) is 0 Å². The van der Waals surface area contributed by atoms with Gasteiger partial charge in [-0.15, -0.1) is 0 Å². The molecule has 22 heavy (non-hydrogen) atoms. The molecule has 0 aliphatic carbocycles. The van der Waals surface area contributed by atoms with Crippen molar-refractivity contribution < 1.29 is 23.5 Å². The van der Waals surface area contributed by atoms with Gasteiger partial charge in [0.05, 0.1) is 7.11 Å². The molecular formula is C15H14BrNO5. The third kappa shape index (κ3) is 4.11. The van der Waals surface area contributed by atoms with Gasteiger partial charge >= 0.3 is 5.97 Å². The highest BCUT2D eigenvalue weighted by Gasteiger charge is 2.21. The van der Waals surface area contributed by atoms with Crippen molar-refractivity contribution in [2.75, 3.05) is 12.4 Å². The first-order valence-electron chi connectivity index (χ1n) is 6.41. The molecule has 0 radical (unpaired) electrons. The van der Waals surface area contributed by atoms with Crippen LogP contribution in [-0.4, -0.2) is 25.1 Å². The molecule has 1 unspecified atom stereocenters. The summed E-state index contributed by atoms with van der Waals surface area (Å²) in [5.41, 5.74) is 0.578. The Balaban J connectivity index is 1.92. The minimum Gasteiger partial charge on any atom is -0.497 e. The summed E-state index contributed by atoms with van der Waals surface area (Å²) in [5.74, 6) is -0.441. The lowest BCUT2D eigenvalue weighted by Gasteiger charge is -2.13. The summed E-state index contributed by atoms with van der Waals surface area (Å²) in [6.45, 7) is 1.48. The number of nitrogens with one attached hydrogen (secondary N) is 1. The number of rotatable bonds is 5. The number of amides is 1. The molecule has 2 aromatic rings. The Labute approximate surface area is 135 Å². The maximum Gasteiger partial charge on any atom is 0.375 e. The highest BCUT2D eigenvalue weighted by Crippen LogP contribution is 2.17. The first-order chi connectivity index (χ1) is 10.5. The van der Waals surface area contributed by atoms with Gasteiger partial charge in [0, 0.05) is 5.69 Å². The van der Waals surface area contributed by atoms with Crippen LogP contribution in [0.5, 0.6) is 5.75 Å². The molecule has 0 bridgehead atoms. The van der Waals surface area contributed by atoms with E-state index in [0.29, 0.717) is 16.1 Å². The van der Waals surface area contributed by atoms with Crippen LogP contribution in [0.15, 0.2) is 45.5 Å². The molecule has 6 nitrogen and oxygen atoms in total. The Morgan fingerprint density at radius 3 is 2.41 bits per heavy atom. The predicted molar refractivity (Wildman–Crippen MR) is 82.9 cm³/mol. The molecule has 1 amide bonds. The Kier molecular flexibility index (Phi) is 5.21. The number of carbonyl (C=O) groups is 2. The number of methoxy groups -OCH3 is 1. The molecule has 0 saturated heterocycles. The maximum absolute atomic E-state index is 12.0. The summed E-state index contributed by atoms with van der Waals surface area (Å²) in [6.07, 6.45) is -0.960. The highest BCUT2D eigenvalue weighted by molar-refractivity contribution is 9.10. The molecule has 7 heteroatoms. The van der Waals surface area contributed by atoms with Gasteiger partial charge in [0.15, 0.2) is 10.8 Å². The second-order valence-corrected chi connectivity index (χ2v) is 5.15. The smallest absolute Gasteiger partial charge is 0.375 e. The first kappa shape index (κ1) is 16.1. The Hall–Kier alpha value is -2.28. The van der Waals surface area contributed by atoms with E-state index in [9.17, 15) is 9.59 Å². The molecule has 1 N–H and O–H groups in total. The minimum atomic E-state index is -0.960. The number of esters is 1. The molecule has 0 saturated carbocycles. The minimum absolute atomic E-state index is 0.0240. The standard InChI is InChI=1S/C15H14BrNO5/c1-9(21-15(19)12-7-8-13(16)22-12)14(18)17-10-3-5-11(20-2)6-4-10/h3-9H,1-2H3,(H,17,18). The van der Waals surface area contributed by atoms with Crippen molar-refractivity contribution >= 4 is 33.5 Å². The van der Waals surface area contributed by atoms with E-state index in [4.69, 9.17) is 13.9 Å². The molecule has 0 fully saturated rings. The van der Waals surface area contributed by atoms with Crippen LogP contribution in [0.2, 0.25) is 0 Å². The van der Waals surface area contributed by atoms with E-state index in [1.807, 2.05) is 0 Å². The summed E-state index contributed by atoms with van der Waals surface area (Å²) in [4.78, 5) is 23.8. The van der Waals surface area contributed by atoms with Crippen LogP contribution in [0.3, 0.4) is 0 Å². The predicted octanol–water partition coefficient (Wildman–Crippen LogP) is 3.23. The number of benzene rings is 1. The summed E-state index contributed by atoms with van der Waals surface area (Å²) >= 11 is 3.09. The number of hydrogen-bond acceptors (Lipinski definition) is 5. The van der Waals surface area contributed by atoms with E-state index in [1.165, 1.54) is 13.0 Å². The van der Waals surface area contributed by atoms with E-state index >= 15 is 0 Å². The summed E-state index contributed by atoms with van der Waals surface area (Å²) in [6, 6.07) is 9.84. The van der Waals surface area contributed by atoms with Crippen LogP contribution >= 0.6 is 15.9 Å². The van der Waals surface area contributed by atoms with Gasteiger partial charge in [0.25, 0.3) is 5.91 Å². The van der Waals surface area contributed by atoms with Crippen molar-refractivity contribution in [1.82, 2.24) is 0 Å². The van der Waals surface area contributed by atoms with E-state index < -0.39 is 18.0 Å². The zero-order valence-corrected chi connectivity index (χ0v) is 13.5. The van der Waals surface area contributed by atoms with Gasteiger partial charge in [-0.1, -0.05) is 0 Å². The van der Waals surface area contributed by atoms with Gasteiger partial charge in [-0.3, -0.25) is 4.79 Å². The van der Waals surface area contributed by atoms with Crippen LogP contribution in [-0.2, 0) is 9.53 Å². The lowest BCUT2D eigenvalue weighted by Crippen LogP contribution is -2.29. The van der Waals surface area contributed by atoms with Crippen LogP contribution in [0.25, 0.3) is 0 Å². The molecule has 2 rings (SSSR count). The largest absolute Gasteiger partial charge is 0.497 e. The third-order valence-electron chi connectivity index (χ3n) is 2.78. The van der Waals surface area contributed by atoms with Crippen molar-refractivity contribution in [3.8, 4) is 5.75 Å². The average molecular weight is 368 g/mol. The topological polar surface area (TPSA) is 77.8 Å². The van der Waals surface area contributed by atoms with Crippen molar-refractivity contribution in [2.24, 2.45) is 0 Å². The van der Waals surface area contributed by atoms with Gasteiger partial charge < -0.3 is 19.2 Å². The fourth-order valence-electron chi connectivity index (χ4n) is 1.61. The van der Waals surface area contributed by atoms with Crippen molar-refractivity contribution in [2.45, 2.75) is 13.0 Å². The van der Waals surface area contributed by atoms with Crippen LogP contribution < -0.4 is 10.1 Å². The van der Waals surface area contributed by atoms with Gasteiger partial charge in [-0.2, -0.15) is 0 Å². The number of furan rings is 1. The summed E-state index contributed by atoms with van der Waals surface area (Å²) < 4.78 is 15.5. The zero-order chi connectivity index (χ0) is 16.1. The third-order valence-corrected chi connectivity index (χ3v) is 3.21. The zero-order valence-electron chi connectivity index (χ0n) is 12.0. The highest BCUT2D eigenvalue weighted by atomic mass is 79.9. The fourth-order valence-corrected chi connectivity index (χ4v) is 1.92. The second kappa shape index (κ2) is 7.13. The molecule has 0 aliphatic heterocycles. The molecule has 1 heterocycles. The molecule has 116 valence electrons. The SMILES string of the molecule is COc1ccc(NC(=O)C(C)OC(=O)c2ccc(Br)o2)cc1. The molecule has 1 aromatic heterocycles. The molecular weight excluding hydrogens is 354 g/mol. The Bertz CT molecular complexity index is 665. The lowest BCUT2D eigenvalue weighted by molar-refractivity contribution is -0.123.